The molecular formula is C13H14F4N2OS. The van der Waals surface area contributed by atoms with E-state index in [9.17, 15) is 22.4 Å². The van der Waals surface area contributed by atoms with Crippen LogP contribution in [0.25, 0.3) is 0 Å². The van der Waals surface area contributed by atoms with Crippen molar-refractivity contribution < 1.29 is 22.4 Å². The van der Waals surface area contributed by atoms with Crippen molar-refractivity contribution in [1.82, 2.24) is 5.32 Å². The highest BCUT2D eigenvalue weighted by Gasteiger charge is 2.35. The summed E-state index contributed by atoms with van der Waals surface area (Å²) in [6.07, 6.45) is -4.20. The Morgan fingerprint density at radius 3 is 2.52 bits per heavy atom. The first-order valence-corrected chi connectivity index (χ1v) is 6.52. The molecule has 0 aliphatic heterocycles. The number of alkyl halides is 3. The molecule has 21 heavy (non-hydrogen) atoms. The summed E-state index contributed by atoms with van der Waals surface area (Å²) >= 11 is 4.71. The number of carbonyl (C=O) groups excluding carboxylic acids is 1. The summed E-state index contributed by atoms with van der Waals surface area (Å²) in [5.74, 6) is -2.52. The predicted molar refractivity (Wildman–Crippen MR) is 74.3 cm³/mol. The fourth-order valence-electron chi connectivity index (χ4n) is 1.73. The fourth-order valence-corrected chi connectivity index (χ4v) is 1.93. The van der Waals surface area contributed by atoms with Gasteiger partial charge in [-0.1, -0.05) is 25.2 Å². The molecule has 1 aromatic carbocycles. The van der Waals surface area contributed by atoms with Crippen molar-refractivity contribution in [3.8, 4) is 0 Å². The first-order chi connectivity index (χ1) is 9.66. The Kier molecular flexibility index (Phi) is 5.65. The lowest BCUT2D eigenvalue weighted by atomic mass is 10.1. The number of nitrogens with two attached hydrogens (primary N) is 1. The van der Waals surface area contributed by atoms with Crippen LogP contribution < -0.4 is 11.1 Å². The minimum absolute atomic E-state index is 0.159. The van der Waals surface area contributed by atoms with E-state index in [-0.39, 0.29) is 11.4 Å². The molecule has 3 nitrogen and oxygen atoms in total. The van der Waals surface area contributed by atoms with Gasteiger partial charge < -0.3 is 11.1 Å². The van der Waals surface area contributed by atoms with Crippen LogP contribution in [0.5, 0.6) is 0 Å². The molecule has 0 aliphatic carbocycles. The van der Waals surface area contributed by atoms with Crippen molar-refractivity contribution in [2.75, 3.05) is 0 Å². The highest BCUT2D eigenvalue weighted by atomic mass is 32.1. The number of benzene rings is 1. The van der Waals surface area contributed by atoms with Crippen molar-refractivity contribution >= 4 is 23.1 Å². The third-order valence-corrected chi connectivity index (χ3v) is 2.99. The van der Waals surface area contributed by atoms with Gasteiger partial charge in [0.1, 0.15) is 5.82 Å². The monoisotopic (exact) mass is 322 g/mol. The van der Waals surface area contributed by atoms with Gasteiger partial charge in [0.25, 0.3) is 5.91 Å². The van der Waals surface area contributed by atoms with Crippen LogP contribution in [0.2, 0.25) is 0 Å². The van der Waals surface area contributed by atoms with E-state index in [1.54, 1.807) is 6.92 Å². The third-order valence-electron chi connectivity index (χ3n) is 2.82. The van der Waals surface area contributed by atoms with Crippen molar-refractivity contribution in [3.63, 3.8) is 0 Å². The van der Waals surface area contributed by atoms with Gasteiger partial charge in [0.15, 0.2) is 0 Å². The number of thiocarbonyl (C=S) groups is 1. The van der Waals surface area contributed by atoms with Gasteiger partial charge in [-0.15, -0.1) is 0 Å². The minimum atomic E-state index is -4.86. The number of carbonyl (C=O) groups is 1. The predicted octanol–water partition coefficient (Wildman–Crippen LogP) is 3.03. The van der Waals surface area contributed by atoms with E-state index in [4.69, 9.17) is 18.0 Å². The van der Waals surface area contributed by atoms with E-state index >= 15 is 0 Å². The zero-order valence-corrected chi connectivity index (χ0v) is 11.9. The molecular weight excluding hydrogens is 308 g/mol. The molecule has 1 rings (SSSR count). The fraction of sp³-hybridized carbons (Fsp3) is 0.385. The number of hydrogen-bond donors (Lipinski definition) is 2. The summed E-state index contributed by atoms with van der Waals surface area (Å²) in [6, 6.07) is 2.10. The molecule has 1 aromatic rings. The smallest absolute Gasteiger partial charge is 0.393 e. The molecule has 0 radical (unpaired) electrons. The molecule has 0 fully saturated rings. The van der Waals surface area contributed by atoms with Gasteiger partial charge in [-0.3, -0.25) is 4.79 Å². The van der Waals surface area contributed by atoms with Gasteiger partial charge >= 0.3 is 6.18 Å². The molecule has 0 bridgehead atoms. The Balaban J connectivity index is 3.00. The normalized spacial score (nSPS) is 12.8. The molecule has 0 aromatic heterocycles. The molecule has 0 aliphatic rings. The van der Waals surface area contributed by atoms with Crippen LogP contribution in [-0.4, -0.2) is 16.9 Å². The van der Waals surface area contributed by atoms with E-state index in [0.29, 0.717) is 12.5 Å². The maximum absolute atomic E-state index is 13.8. The van der Waals surface area contributed by atoms with Gasteiger partial charge in [-0.25, -0.2) is 4.39 Å². The molecule has 1 unspecified atom stereocenters. The largest absolute Gasteiger partial charge is 0.419 e. The number of hydrogen-bond acceptors (Lipinski definition) is 2. The summed E-state index contributed by atoms with van der Waals surface area (Å²) in [6.45, 7) is 1.74. The Bertz CT molecular complexity index is 545. The van der Waals surface area contributed by atoms with Crippen LogP contribution in [0, 0.1) is 5.82 Å². The highest BCUT2D eigenvalue weighted by Crippen LogP contribution is 2.32. The number of halogens is 4. The van der Waals surface area contributed by atoms with Gasteiger partial charge in [-0.05, 0) is 18.6 Å². The lowest BCUT2D eigenvalue weighted by Crippen LogP contribution is -2.37. The second kappa shape index (κ2) is 6.84. The number of amides is 1. The molecule has 0 heterocycles. The molecule has 0 saturated heterocycles. The zero-order chi connectivity index (χ0) is 16.2. The Labute approximate surface area is 124 Å². The summed E-state index contributed by atoms with van der Waals surface area (Å²) in [5.41, 5.74) is 3.22. The third kappa shape index (κ3) is 4.66. The molecule has 1 atom stereocenters. The highest BCUT2D eigenvalue weighted by molar-refractivity contribution is 7.80. The van der Waals surface area contributed by atoms with E-state index in [0.717, 1.165) is 12.1 Å². The Morgan fingerprint density at radius 2 is 2.05 bits per heavy atom. The average molecular weight is 322 g/mol. The lowest BCUT2D eigenvalue weighted by molar-refractivity contribution is -0.140. The van der Waals surface area contributed by atoms with Gasteiger partial charge in [0.2, 0.25) is 0 Å². The van der Waals surface area contributed by atoms with Gasteiger partial charge in [-0.2, -0.15) is 13.2 Å². The molecule has 8 heteroatoms. The maximum Gasteiger partial charge on any atom is 0.419 e. The topological polar surface area (TPSA) is 55.1 Å². The quantitative estimate of drug-likeness (QED) is 0.647. The van der Waals surface area contributed by atoms with Crippen LogP contribution in [0.15, 0.2) is 18.2 Å². The number of nitrogens with one attached hydrogen (secondary N) is 1. The average Bonchev–Trinajstić information content (AvgIpc) is 2.35. The van der Waals surface area contributed by atoms with Crippen LogP contribution in [0.3, 0.4) is 0 Å². The van der Waals surface area contributed by atoms with Gasteiger partial charge in [0, 0.05) is 12.5 Å². The standard InChI is InChI=1S/C13H14F4N2OS/c1-2-7(6-10(18)21)19-12(20)8-4-3-5-9(11(8)14)13(15,16)17/h3-5,7H,2,6H2,1H3,(H2,18,21)(H,19,20). The van der Waals surface area contributed by atoms with E-state index in [1.807, 2.05) is 0 Å². The first-order valence-electron chi connectivity index (χ1n) is 6.11. The van der Waals surface area contributed by atoms with Crippen molar-refractivity contribution in [2.24, 2.45) is 5.73 Å². The Morgan fingerprint density at radius 1 is 1.43 bits per heavy atom. The van der Waals surface area contributed by atoms with Crippen LogP contribution >= 0.6 is 12.2 Å². The second-order valence-corrected chi connectivity index (χ2v) is 4.94. The van der Waals surface area contributed by atoms with Crippen LogP contribution in [0.1, 0.15) is 35.7 Å². The van der Waals surface area contributed by atoms with Gasteiger partial charge in [0.05, 0.1) is 16.1 Å². The summed E-state index contributed by atoms with van der Waals surface area (Å²) in [4.78, 5) is 12.1. The van der Waals surface area contributed by atoms with Crippen molar-refractivity contribution in [1.29, 1.82) is 0 Å². The molecule has 1 amide bonds. The molecule has 0 spiro atoms. The first kappa shape index (κ1) is 17.4. The van der Waals surface area contributed by atoms with E-state index in [1.165, 1.54) is 0 Å². The van der Waals surface area contributed by atoms with E-state index < -0.39 is 35.1 Å². The summed E-state index contributed by atoms with van der Waals surface area (Å²) in [5, 5.41) is 2.42. The van der Waals surface area contributed by atoms with Crippen LogP contribution in [0.4, 0.5) is 17.6 Å². The second-order valence-electron chi connectivity index (χ2n) is 4.41. The molecule has 116 valence electrons. The van der Waals surface area contributed by atoms with Crippen LogP contribution in [-0.2, 0) is 6.18 Å². The van der Waals surface area contributed by atoms with Crippen molar-refractivity contribution in [3.05, 3.63) is 35.1 Å². The zero-order valence-electron chi connectivity index (χ0n) is 11.1. The summed E-state index contributed by atoms with van der Waals surface area (Å²) < 4.78 is 51.6. The minimum Gasteiger partial charge on any atom is -0.393 e. The lowest BCUT2D eigenvalue weighted by Gasteiger charge is -2.17. The maximum atomic E-state index is 13.8. The van der Waals surface area contributed by atoms with Crippen molar-refractivity contribution in [2.45, 2.75) is 32.0 Å². The SMILES string of the molecule is CCC(CC(N)=S)NC(=O)c1cccc(C(F)(F)F)c1F. The Hall–Kier alpha value is -1.70. The number of rotatable bonds is 5. The molecule has 3 N–H and O–H groups in total. The molecule has 0 saturated carbocycles. The summed E-state index contributed by atoms with van der Waals surface area (Å²) in [7, 11) is 0. The van der Waals surface area contributed by atoms with E-state index in [2.05, 4.69) is 5.32 Å².